The molecule has 3 nitrogen and oxygen atoms in total. The molecule has 0 unspecified atom stereocenters. The second kappa shape index (κ2) is 4.26. The van der Waals surface area contributed by atoms with Crippen LogP contribution >= 0.6 is 0 Å². The van der Waals surface area contributed by atoms with E-state index in [-0.39, 0.29) is 5.91 Å². The summed E-state index contributed by atoms with van der Waals surface area (Å²) in [6.07, 6.45) is 0.927. The molecule has 19 heavy (non-hydrogen) atoms. The summed E-state index contributed by atoms with van der Waals surface area (Å²) in [6.45, 7) is 6.45. The molecule has 1 aliphatic rings. The average Bonchev–Trinajstić information content (AvgIpc) is 2.91. The van der Waals surface area contributed by atoms with Crippen LogP contribution in [-0.2, 0) is 6.42 Å². The molecule has 0 saturated heterocycles. The SMILES string of the molecule is Cc1oc(C)c(C(=O)N2CCc3ccccc32)c1C. The summed E-state index contributed by atoms with van der Waals surface area (Å²) in [7, 11) is 0. The van der Waals surface area contributed by atoms with Gasteiger partial charge in [0.2, 0.25) is 0 Å². The third kappa shape index (κ3) is 1.77. The van der Waals surface area contributed by atoms with Crippen LogP contribution in [0.25, 0.3) is 0 Å². The van der Waals surface area contributed by atoms with Crippen molar-refractivity contribution in [3.63, 3.8) is 0 Å². The van der Waals surface area contributed by atoms with Crippen molar-refractivity contribution in [2.45, 2.75) is 27.2 Å². The number of rotatable bonds is 1. The number of carbonyl (C=O) groups excluding carboxylic acids is 1. The van der Waals surface area contributed by atoms with Crippen molar-refractivity contribution >= 4 is 11.6 Å². The van der Waals surface area contributed by atoms with Gasteiger partial charge in [-0.2, -0.15) is 0 Å². The standard InChI is InChI=1S/C16H17NO2/c1-10-11(2)19-12(3)15(10)16(18)17-9-8-13-6-4-5-7-14(13)17/h4-7H,8-9H2,1-3H3. The van der Waals surface area contributed by atoms with Crippen molar-refractivity contribution in [1.29, 1.82) is 0 Å². The first-order valence-electron chi connectivity index (χ1n) is 6.56. The monoisotopic (exact) mass is 255 g/mol. The Morgan fingerprint density at radius 3 is 2.58 bits per heavy atom. The van der Waals surface area contributed by atoms with E-state index in [2.05, 4.69) is 6.07 Å². The zero-order valence-electron chi connectivity index (χ0n) is 11.5. The molecule has 0 aliphatic carbocycles. The molecule has 0 bridgehead atoms. The molecular formula is C16H17NO2. The molecule has 0 N–H and O–H groups in total. The van der Waals surface area contributed by atoms with Crippen molar-refractivity contribution in [2.24, 2.45) is 0 Å². The third-order valence-electron chi connectivity index (χ3n) is 3.91. The van der Waals surface area contributed by atoms with E-state index in [4.69, 9.17) is 4.42 Å². The second-order valence-corrected chi connectivity index (χ2v) is 5.05. The zero-order valence-corrected chi connectivity index (χ0v) is 11.5. The Kier molecular flexibility index (Phi) is 2.70. The highest BCUT2D eigenvalue weighted by Gasteiger charge is 2.29. The maximum absolute atomic E-state index is 12.7. The largest absolute Gasteiger partial charge is 0.466 e. The van der Waals surface area contributed by atoms with E-state index in [0.717, 1.165) is 30.0 Å². The Morgan fingerprint density at radius 1 is 1.16 bits per heavy atom. The third-order valence-corrected chi connectivity index (χ3v) is 3.91. The predicted molar refractivity (Wildman–Crippen MR) is 74.7 cm³/mol. The van der Waals surface area contributed by atoms with Crippen molar-refractivity contribution < 1.29 is 9.21 Å². The van der Waals surface area contributed by atoms with Crippen molar-refractivity contribution in [1.82, 2.24) is 0 Å². The van der Waals surface area contributed by atoms with E-state index in [9.17, 15) is 4.79 Å². The molecule has 0 fully saturated rings. The minimum absolute atomic E-state index is 0.0526. The predicted octanol–water partition coefficient (Wildman–Crippen LogP) is 3.41. The molecule has 3 rings (SSSR count). The topological polar surface area (TPSA) is 33.5 Å². The minimum Gasteiger partial charge on any atom is -0.466 e. The van der Waals surface area contributed by atoms with Crippen molar-refractivity contribution in [3.05, 3.63) is 52.5 Å². The molecule has 1 amide bonds. The summed E-state index contributed by atoms with van der Waals surface area (Å²) in [5.74, 6) is 1.59. The van der Waals surface area contributed by atoms with E-state index in [1.807, 2.05) is 43.9 Å². The number of amides is 1. The Bertz CT molecular complexity index is 655. The Morgan fingerprint density at radius 2 is 1.89 bits per heavy atom. The average molecular weight is 255 g/mol. The molecule has 0 radical (unpaired) electrons. The van der Waals surface area contributed by atoms with Crippen LogP contribution in [0.15, 0.2) is 28.7 Å². The number of anilines is 1. The molecule has 1 aromatic carbocycles. The summed E-state index contributed by atoms with van der Waals surface area (Å²) in [4.78, 5) is 14.6. The van der Waals surface area contributed by atoms with E-state index in [1.165, 1.54) is 5.56 Å². The molecule has 0 saturated carbocycles. The van der Waals surface area contributed by atoms with E-state index < -0.39 is 0 Å². The summed E-state index contributed by atoms with van der Waals surface area (Å²) in [6, 6.07) is 8.09. The van der Waals surface area contributed by atoms with Gasteiger partial charge in [-0.15, -0.1) is 0 Å². The molecule has 1 aromatic heterocycles. The molecule has 3 heteroatoms. The lowest BCUT2D eigenvalue weighted by Gasteiger charge is -2.17. The van der Waals surface area contributed by atoms with Gasteiger partial charge in [0, 0.05) is 17.8 Å². The maximum Gasteiger partial charge on any atom is 0.262 e. The molecule has 98 valence electrons. The van der Waals surface area contributed by atoms with Gasteiger partial charge in [0.25, 0.3) is 5.91 Å². The lowest BCUT2D eigenvalue weighted by atomic mass is 10.1. The lowest BCUT2D eigenvalue weighted by Crippen LogP contribution is -2.29. The number of furan rings is 1. The first-order valence-corrected chi connectivity index (χ1v) is 6.56. The van der Waals surface area contributed by atoms with Crippen LogP contribution in [0.3, 0.4) is 0 Å². The Labute approximate surface area is 112 Å². The number of hydrogen-bond donors (Lipinski definition) is 0. The molecule has 0 atom stereocenters. The van der Waals surface area contributed by atoms with Gasteiger partial charge in [0.15, 0.2) is 0 Å². The van der Waals surface area contributed by atoms with Crippen LogP contribution in [0.1, 0.15) is 33.0 Å². The van der Waals surface area contributed by atoms with E-state index in [0.29, 0.717) is 11.3 Å². The highest BCUT2D eigenvalue weighted by atomic mass is 16.3. The van der Waals surface area contributed by atoms with Crippen LogP contribution in [-0.4, -0.2) is 12.5 Å². The first kappa shape index (κ1) is 12.0. The molecule has 2 aromatic rings. The van der Waals surface area contributed by atoms with Crippen LogP contribution < -0.4 is 4.90 Å². The number of fused-ring (bicyclic) bond motifs is 1. The lowest BCUT2D eigenvalue weighted by molar-refractivity contribution is 0.0987. The van der Waals surface area contributed by atoms with Gasteiger partial charge < -0.3 is 9.32 Å². The number of para-hydroxylation sites is 1. The minimum atomic E-state index is 0.0526. The van der Waals surface area contributed by atoms with Gasteiger partial charge in [0.05, 0.1) is 5.56 Å². The Hall–Kier alpha value is -2.03. The maximum atomic E-state index is 12.7. The smallest absolute Gasteiger partial charge is 0.262 e. The zero-order chi connectivity index (χ0) is 13.6. The van der Waals surface area contributed by atoms with E-state index in [1.54, 1.807) is 0 Å². The van der Waals surface area contributed by atoms with Crippen molar-refractivity contribution in [3.8, 4) is 0 Å². The number of hydrogen-bond acceptors (Lipinski definition) is 2. The summed E-state index contributed by atoms with van der Waals surface area (Å²) >= 11 is 0. The fraction of sp³-hybridized carbons (Fsp3) is 0.312. The van der Waals surface area contributed by atoms with Crippen LogP contribution in [0.4, 0.5) is 5.69 Å². The number of carbonyl (C=O) groups is 1. The summed E-state index contributed by atoms with van der Waals surface area (Å²) in [5.41, 5.74) is 3.94. The van der Waals surface area contributed by atoms with Gasteiger partial charge in [-0.1, -0.05) is 18.2 Å². The fourth-order valence-electron chi connectivity index (χ4n) is 2.79. The van der Waals surface area contributed by atoms with Gasteiger partial charge in [-0.05, 0) is 38.8 Å². The number of benzene rings is 1. The van der Waals surface area contributed by atoms with Gasteiger partial charge in [-0.25, -0.2) is 0 Å². The number of aryl methyl sites for hydroxylation is 2. The second-order valence-electron chi connectivity index (χ2n) is 5.05. The number of nitrogens with zero attached hydrogens (tertiary/aromatic N) is 1. The molecular weight excluding hydrogens is 238 g/mol. The summed E-state index contributed by atoms with van der Waals surface area (Å²) in [5, 5.41) is 0. The fourth-order valence-corrected chi connectivity index (χ4v) is 2.79. The van der Waals surface area contributed by atoms with Gasteiger partial charge in [0.1, 0.15) is 11.5 Å². The molecule has 1 aliphatic heterocycles. The highest BCUT2D eigenvalue weighted by Crippen LogP contribution is 2.31. The van der Waals surface area contributed by atoms with Crippen molar-refractivity contribution in [2.75, 3.05) is 11.4 Å². The first-order chi connectivity index (χ1) is 9.09. The van der Waals surface area contributed by atoms with Crippen LogP contribution in [0.2, 0.25) is 0 Å². The quantitative estimate of drug-likeness (QED) is 0.782. The van der Waals surface area contributed by atoms with Gasteiger partial charge >= 0.3 is 0 Å². The normalized spacial score (nSPS) is 13.7. The summed E-state index contributed by atoms with van der Waals surface area (Å²) < 4.78 is 5.57. The molecule has 0 spiro atoms. The van der Waals surface area contributed by atoms with Gasteiger partial charge in [-0.3, -0.25) is 4.79 Å². The van der Waals surface area contributed by atoms with E-state index >= 15 is 0 Å². The Balaban J connectivity index is 2.03. The van der Waals surface area contributed by atoms with Crippen LogP contribution in [0.5, 0.6) is 0 Å². The molecule has 2 heterocycles. The highest BCUT2D eigenvalue weighted by molar-refractivity contribution is 6.08. The van der Waals surface area contributed by atoms with Crippen LogP contribution in [0, 0.1) is 20.8 Å².